The Morgan fingerprint density at radius 3 is 1.22 bits per heavy atom. The van der Waals surface area contributed by atoms with Crippen molar-refractivity contribution in [1.82, 2.24) is 35.2 Å². The minimum absolute atomic E-state index is 0. The topological polar surface area (TPSA) is 465 Å². The summed E-state index contributed by atoms with van der Waals surface area (Å²) in [6, 6.07) is 38.5. The number of carbonyl (C=O) groups excluding carboxylic acids is 7. The minimum Gasteiger partial charge on any atom is -0.509 e. The molecule has 0 aliphatic heterocycles. The van der Waals surface area contributed by atoms with Gasteiger partial charge in [0, 0.05) is 78.3 Å². The maximum Gasteiger partial charge on any atom is 1.00 e. The summed E-state index contributed by atoms with van der Waals surface area (Å²) in [6.45, 7) is 22.5. The predicted molar refractivity (Wildman–Crippen MR) is 448 cm³/mol. The number of hydrogen-bond acceptors (Lipinski definition) is 27. The standard InChI is InChI=1S/C26H34N2O5.C17H27N3O7S.C16H15NO2.C12H25NO3.C2H7BN2S.C2H3N.2CHO3.CH4.2CH3.4K/c1-26(2,3)33-24(30)27-15-9-10-18(16-29)28(4)25(31)32-17-23-21-13-7-5-11-19(21)20-12-6-8-14-22(20)23;1-17(2,3)27-16(22)18-11-7-8-13(12-21)19(4)28(25,26)15-10-6-5-9-14(15)20(23)24;1-17-16(18)19-10-15-13-8-4-2-6-11(13)12-7-3-5-9-14(12)15;1-5-10(9-14)7-6-8-13-11(15)16-12(2,3)4;1-4-3-6-5-2;1-2-3;2*2-1-4-3;;;;;;;/h5-8,11-14,18,23,29H,9-10,15-17H2,1-4H3,(H,27,30);5-6,9-10,13,21H,7-8,11-12H2,1-4H3,(H,18,22);2-9,15H,10H2,1H3,(H,17,18);10,14H,5-9H2,1-4H3,(H,13,15);5H,1-2H3;1H3;2*3H;1H4;2*1H3;;;;/q;;;;;;2*-1;;2*-1;4*+1/t18-;13-;;10-;;;;;;;;;;;/m00.0.........../s1. The molecule has 0 fully saturated rings. The van der Waals surface area contributed by atoms with Gasteiger partial charge in [0.1, 0.15) is 30.0 Å². The van der Waals surface area contributed by atoms with E-state index in [1.807, 2.05) is 76.3 Å². The second kappa shape index (κ2) is 74.8. The summed E-state index contributed by atoms with van der Waals surface area (Å²) >= 11 is 1.47. The smallest absolute Gasteiger partial charge is 0.509 e. The zero-order valence-corrected chi connectivity index (χ0v) is 87.4. The van der Waals surface area contributed by atoms with Crippen molar-refractivity contribution in [1.29, 1.82) is 5.26 Å². The van der Waals surface area contributed by atoms with E-state index in [1.54, 1.807) is 75.1 Å². The van der Waals surface area contributed by atoms with Crippen LogP contribution in [-0.2, 0) is 53.1 Å². The molecule has 0 aromatic heterocycles. The van der Waals surface area contributed by atoms with Crippen molar-refractivity contribution in [2.24, 2.45) is 10.8 Å². The molecule has 0 saturated heterocycles. The summed E-state index contributed by atoms with van der Waals surface area (Å²) < 4.78 is 55.6. The Bertz CT molecular complexity index is 3760. The number of aliphatic hydroxyl groups excluding tert-OH is 3. The van der Waals surface area contributed by atoms with Crippen molar-refractivity contribution in [2.75, 3.05) is 87.9 Å². The van der Waals surface area contributed by atoms with E-state index < -0.39 is 79.3 Å². The van der Waals surface area contributed by atoms with Crippen LogP contribution in [0.25, 0.3) is 22.3 Å². The third kappa shape index (κ3) is 54.7. The van der Waals surface area contributed by atoms with Crippen LogP contribution in [0.15, 0.2) is 131 Å². The first-order valence-electron chi connectivity index (χ1n) is 35.9. The van der Waals surface area contributed by atoms with Crippen molar-refractivity contribution < 1.29 is 312 Å². The fourth-order valence-electron chi connectivity index (χ4n) is 10.6. The summed E-state index contributed by atoms with van der Waals surface area (Å²) in [5, 5.41) is 71.1. The zero-order chi connectivity index (χ0) is 85.8. The van der Waals surface area contributed by atoms with E-state index >= 15 is 0 Å². The Hall–Kier alpha value is -3.29. The normalized spacial score (nSPS) is 11.5. The van der Waals surface area contributed by atoms with Gasteiger partial charge in [-0.05, 0) is 170 Å². The summed E-state index contributed by atoms with van der Waals surface area (Å²) in [4.78, 5) is 96.3. The molecule has 0 bridgehead atoms. The van der Waals surface area contributed by atoms with Gasteiger partial charge >= 0.3 is 278 Å². The van der Waals surface area contributed by atoms with E-state index in [-0.39, 0.29) is 285 Å². The van der Waals surface area contributed by atoms with Gasteiger partial charge in [-0.1, -0.05) is 130 Å². The van der Waals surface area contributed by atoms with Gasteiger partial charge in [0.25, 0.3) is 5.69 Å². The van der Waals surface area contributed by atoms with E-state index in [2.05, 4.69) is 96.1 Å². The maximum absolute atomic E-state index is 12.8. The molecule has 0 heterocycles. The SMILES string of the molecule is C.CC#N.CC[C@H](CO)CCCNC(=O)OC(C)(C)C.CN(C(=O)OCC1c2ccccc2-c2ccccc21)[C@H](CO)CCCNC(=O)OC(C)(C)C.CN([C@H](CO)CCCNC(=O)OC(C)(C)C)S(=O)(=O)c1ccccc1[N+](=O)[O-].CN=BSNC.CNC(=O)OCC1c2ccccc2-c2ccccc21.O=[C-]OO.O=[C-]OO.[CH3-].[CH3-].[K+].[K+].[K+].[K+]. The first-order valence-corrected chi connectivity index (χ1v) is 38.2. The molecule has 10 N–H and O–H groups in total. The number of fused-ring (bicyclic) bond motifs is 6. The molecule has 0 spiro atoms. The van der Waals surface area contributed by atoms with Crippen molar-refractivity contribution in [3.8, 4) is 28.3 Å². The first kappa shape index (κ1) is 132. The van der Waals surface area contributed by atoms with E-state index in [4.69, 9.17) is 54.2 Å². The number of nitriles is 1. The van der Waals surface area contributed by atoms with Gasteiger partial charge < -0.3 is 99.4 Å². The average molecular weight is 1820 g/mol. The molecule has 0 saturated carbocycles. The molecule has 5 aromatic rings. The van der Waals surface area contributed by atoms with Crippen molar-refractivity contribution >= 4 is 77.3 Å². The Morgan fingerprint density at radius 1 is 0.600 bits per heavy atom. The molecule has 40 heteroatoms. The molecule has 7 rings (SSSR count). The summed E-state index contributed by atoms with van der Waals surface area (Å²) in [6.07, 6.45) is 3.94. The number of nitrogens with zero attached hydrogens (tertiary/aromatic N) is 5. The molecule has 650 valence electrons. The number of amides is 5. The van der Waals surface area contributed by atoms with Gasteiger partial charge in [-0.15, -0.1) is 0 Å². The molecule has 3 atom stereocenters. The van der Waals surface area contributed by atoms with Crippen LogP contribution in [0.5, 0.6) is 0 Å². The monoisotopic (exact) mass is 1820 g/mol. The average Bonchev–Trinajstić information content (AvgIpc) is 1.60. The number of nitro groups is 1. The van der Waals surface area contributed by atoms with Crippen LogP contribution in [0.2, 0.25) is 0 Å². The molecule has 0 radical (unpaired) electrons. The van der Waals surface area contributed by atoms with Gasteiger partial charge in [0.15, 0.2) is 4.90 Å². The summed E-state index contributed by atoms with van der Waals surface area (Å²) in [5.41, 5.74) is 7.44. The molecular weight excluding hydrogens is 1700 g/mol. The number of alkyl carbamates (subject to hydrolysis) is 4. The van der Waals surface area contributed by atoms with Gasteiger partial charge in [-0.3, -0.25) is 10.1 Å². The van der Waals surface area contributed by atoms with E-state index in [0.717, 1.165) is 59.8 Å². The maximum atomic E-state index is 12.8. The second-order valence-corrected chi connectivity index (χ2v) is 30.2. The van der Waals surface area contributed by atoms with E-state index in [1.165, 1.54) is 76.2 Å². The third-order valence-electron chi connectivity index (χ3n) is 15.8. The van der Waals surface area contributed by atoms with Crippen LogP contribution in [0.1, 0.15) is 163 Å². The van der Waals surface area contributed by atoms with Crippen LogP contribution >= 0.6 is 11.8 Å². The van der Waals surface area contributed by atoms with Gasteiger partial charge in [-0.25, -0.2) is 42.9 Å². The number of rotatable bonds is 29. The first-order chi connectivity index (χ1) is 53.5. The number of likely N-dealkylation sites (N-methyl/N-ethyl adjacent to an activating group) is 2. The number of nitro benzene ring substituents is 1. The second-order valence-electron chi connectivity index (χ2n) is 27.3. The minimum atomic E-state index is -4.18. The number of sulfonamides is 1. The van der Waals surface area contributed by atoms with Crippen LogP contribution < -0.4 is 232 Å². The number of ether oxygens (including phenoxy) is 5. The van der Waals surface area contributed by atoms with Gasteiger partial charge in [0.2, 0.25) is 10.0 Å². The Balaban J connectivity index is -0.000000219. The number of carbonyl (C=O) groups is 5. The van der Waals surface area contributed by atoms with Gasteiger partial charge in [-0.2, -0.15) is 9.57 Å². The Labute approximate surface area is 886 Å². The van der Waals surface area contributed by atoms with Crippen LogP contribution in [0, 0.1) is 42.2 Å². The largest absolute Gasteiger partial charge is 1.00 e. The molecule has 33 nitrogen and oxygen atoms in total. The molecular formula is C80H123BK4N10O23S2. The van der Waals surface area contributed by atoms with Crippen molar-refractivity contribution in [2.45, 2.75) is 174 Å². The number of hydrogen-bond donors (Lipinski definition) is 10. The van der Waals surface area contributed by atoms with Crippen LogP contribution in [0.4, 0.5) is 29.7 Å². The predicted octanol–water partition coefficient (Wildman–Crippen LogP) is 1.33. The van der Waals surface area contributed by atoms with E-state index in [9.17, 15) is 52.7 Å². The fraction of sp³-hybridized carbons (Fsp3) is 0.500. The fourth-order valence-corrected chi connectivity index (χ4v) is 12.3. The number of para-hydroxylation sites is 1. The molecule has 5 amide bonds. The zero-order valence-electron chi connectivity index (χ0n) is 73.3. The number of benzene rings is 5. The Morgan fingerprint density at radius 2 is 0.925 bits per heavy atom. The molecule has 5 aromatic carbocycles. The molecule has 2 aliphatic rings. The van der Waals surface area contributed by atoms with E-state index in [0.29, 0.717) is 44.9 Å². The summed E-state index contributed by atoms with van der Waals surface area (Å²) in [7, 11) is 3.86. The number of aliphatic hydroxyl groups is 3. The van der Waals surface area contributed by atoms with Crippen molar-refractivity contribution in [3.63, 3.8) is 0 Å². The third-order valence-corrected chi connectivity index (χ3v) is 18.3. The van der Waals surface area contributed by atoms with Crippen molar-refractivity contribution in [3.05, 3.63) is 169 Å². The number of nitrogens with one attached hydrogen (secondary N) is 5. The molecule has 120 heavy (non-hydrogen) atoms. The quantitative estimate of drug-likeness (QED) is 0.00472. The Kier molecular flexibility index (Phi) is 82.4. The summed E-state index contributed by atoms with van der Waals surface area (Å²) in [5.74, 6) is 0.463. The van der Waals surface area contributed by atoms with Crippen LogP contribution in [-0.4, -0.2) is 215 Å². The van der Waals surface area contributed by atoms with Gasteiger partial charge in [0.05, 0.1) is 30.2 Å². The molecule has 2 aliphatic carbocycles. The van der Waals surface area contributed by atoms with Crippen LogP contribution in [0.3, 0.4) is 0 Å². The molecule has 0 unspecified atom stereocenters.